The van der Waals surface area contributed by atoms with Crippen LogP contribution in [0.5, 0.6) is 5.75 Å². The van der Waals surface area contributed by atoms with Gasteiger partial charge in [-0.25, -0.2) is 4.39 Å². The van der Waals surface area contributed by atoms with E-state index in [9.17, 15) is 14.3 Å². The molecular formula is C16H20FNO3. The number of fused-ring (bicyclic) bond motifs is 1. The summed E-state index contributed by atoms with van der Waals surface area (Å²) in [7, 11) is 1.51. The second-order valence-electron chi connectivity index (χ2n) is 6.22. The summed E-state index contributed by atoms with van der Waals surface area (Å²) >= 11 is 0. The monoisotopic (exact) mass is 293 g/mol. The maximum absolute atomic E-state index is 13.5. The minimum atomic E-state index is -0.677. The normalized spacial score (nSPS) is 28.6. The van der Waals surface area contributed by atoms with Gasteiger partial charge < -0.3 is 9.84 Å². The smallest absolute Gasteiger partial charge is 0.311 e. The van der Waals surface area contributed by atoms with Crippen LogP contribution in [0.25, 0.3) is 0 Å². The van der Waals surface area contributed by atoms with Crippen LogP contribution in [0.4, 0.5) is 4.39 Å². The van der Waals surface area contributed by atoms with Gasteiger partial charge in [0.25, 0.3) is 0 Å². The first-order chi connectivity index (χ1) is 10.0. The topological polar surface area (TPSA) is 49.8 Å². The van der Waals surface area contributed by atoms with Gasteiger partial charge >= 0.3 is 5.97 Å². The number of ether oxygens (including phenoxy) is 1. The number of likely N-dealkylation sites (tertiary alicyclic amines) is 1. The zero-order chi connectivity index (χ0) is 15.0. The molecule has 2 aliphatic rings. The highest BCUT2D eigenvalue weighted by Gasteiger charge is 2.54. The molecule has 3 rings (SSSR count). The van der Waals surface area contributed by atoms with Gasteiger partial charge in [-0.15, -0.1) is 0 Å². The van der Waals surface area contributed by atoms with Crippen molar-refractivity contribution in [2.45, 2.75) is 25.8 Å². The summed E-state index contributed by atoms with van der Waals surface area (Å²) in [5, 5.41) is 9.58. The summed E-state index contributed by atoms with van der Waals surface area (Å²) in [5.41, 5.74) is 0.240. The Balaban J connectivity index is 1.76. The molecule has 0 aromatic heterocycles. The first kappa shape index (κ1) is 14.3. The quantitative estimate of drug-likeness (QED) is 0.927. The van der Waals surface area contributed by atoms with Crippen molar-refractivity contribution in [2.24, 2.45) is 11.3 Å². The molecule has 0 radical (unpaired) electrons. The third-order valence-corrected chi connectivity index (χ3v) is 4.94. The van der Waals surface area contributed by atoms with Crippen LogP contribution < -0.4 is 4.74 Å². The number of carbonyl (C=O) groups is 1. The number of nitrogens with zero attached hydrogens (tertiary/aromatic N) is 1. The molecule has 0 unspecified atom stereocenters. The molecule has 0 amide bonds. The van der Waals surface area contributed by atoms with Gasteiger partial charge in [0, 0.05) is 25.7 Å². The first-order valence-electron chi connectivity index (χ1n) is 7.33. The number of benzene rings is 1. The molecule has 1 aliphatic heterocycles. The van der Waals surface area contributed by atoms with Crippen LogP contribution in [0.3, 0.4) is 0 Å². The van der Waals surface area contributed by atoms with Crippen molar-refractivity contribution >= 4 is 5.97 Å². The summed E-state index contributed by atoms with van der Waals surface area (Å²) in [5.74, 6) is -0.274. The van der Waals surface area contributed by atoms with Gasteiger partial charge in [0.05, 0.1) is 12.5 Å². The second-order valence-corrected chi connectivity index (χ2v) is 6.22. The van der Waals surface area contributed by atoms with E-state index >= 15 is 0 Å². The molecule has 0 bridgehead atoms. The molecule has 1 aromatic carbocycles. The van der Waals surface area contributed by atoms with Crippen LogP contribution in [0.15, 0.2) is 18.2 Å². The molecule has 4 nitrogen and oxygen atoms in total. The Labute approximate surface area is 123 Å². The molecule has 1 heterocycles. The molecule has 2 atom stereocenters. The fraction of sp³-hybridized carbons (Fsp3) is 0.562. The summed E-state index contributed by atoms with van der Waals surface area (Å²) in [6, 6.07) is 4.65. The van der Waals surface area contributed by atoms with Crippen LogP contribution in [-0.4, -0.2) is 36.2 Å². The number of methoxy groups -OCH3 is 1. The third kappa shape index (κ3) is 2.50. The number of rotatable bonds is 4. The van der Waals surface area contributed by atoms with Crippen LogP contribution in [0, 0.1) is 17.2 Å². The molecular weight excluding hydrogens is 273 g/mol. The molecule has 1 saturated heterocycles. The van der Waals surface area contributed by atoms with Crippen molar-refractivity contribution in [3.8, 4) is 5.75 Å². The lowest BCUT2D eigenvalue weighted by atomic mass is 9.81. The Kier molecular flexibility index (Phi) is 3.61. The standard InChI is InChI=1S/C16H20FNO3/c1-21-14-6-11(5-13(17)7-14)8-18-9-12-3-2-4-16(12,10-18)15(19)20/h5-7,12H,2-4,8-10H2,1H3,(H,19,20)/t12-,16+/m0/s1. The fourth-order valence-corrected chi connectivity index (χ4v) is 3.95. The van der Waals surface area contributed by atoms with Gasteiger partial charge in [-0.05, 0) is 36.5 Å². The van der Waals surface area contributed by atoms with Gasteiger partial charge in [-0.2, -0.15) is 0 Å². The van der Waals surface area contributed by atoms with Crippen LogP contribution in [0.2, 0.25) is 0 Å². The lowest BCUT2D eigenvalue weighted by Gasteiger charge is -2.23. The minimum Gasteiger partial charge on any atom is -0.497 e. The average molecular weight is 293 g/mol. The van der Waals surface area contributed by atoms with E-state index in [1.165, 1.54) is 19.2 Å². The Morgan fingerprint density at radius 1 is 1.52 bits per heavy atom. The van der Waals surface area contributed by atoms with Crippen molar-refractivity contribution in [3.63, 3.8) is 0 Å². The lowest BCUT2D eigenvalue weighted by Crippen LogP contribution is -2.35. The van der Waals surface area contributed by atoms with E-state index in [0.717, 1.165) is 31.4 Å². The predicted octanol–water partition coefficient (Wildman–Crippen LogP) is 2.52. The van der Waals surface area contributed by atoms with Gasteiger partial charge in [0.1, 0.15) is 11.6 Å². The van der Waals surface area contributed by atoms with E-state index in [2.05, 4.69) is 4.90 Å². The largest absolute Gasteiger partial charge is 0.497 e. The van der Waals surface area contributed by atoms with Crippen LogP contribution in [0.1, 0.15) is 24.8 Å². The van der Waals surface area contributed by atoms with Gasteiger partial charge in [-0.1, -0.05) is 6.42 Å². The summed E-state index contributed by atoms with van der Waals surface area (Å²) < 4.78 is 18.6. The molecule has 1 N–H and O–H groups in total. The highest BCUT2D eigenvalue weighted by molar-refractivity contribution is 5.76. The van der Waals surface area contributed by atoms with E-state index < -0.39 is 11.4 Å². The minimum absolute atomic E-state index is 0.227. The zero-order valence-corrected chi connectivity index (χ0v) is 12.1. The van der Waals surface area contributed by atoms with E-state index in [4.69, 9.17) is 4.74 Å². The Morgan fingerprint density at radius 2 is 2.33 bits per heavy atom. The van der Waals surface area contributed by atoms with Crippen molar-refractivity contribution in [2.75, 3.05) is 20.2 Å². The summed E-state index contributed by atoms with van der Waals surface area (Å²) in [4.78, 5) is 13.8. The molecule has 1 aromatic rings. The van der Waals surface area contributed by atoms with Crippen molar-refractivity contribution in [1.29, 1.82) is 0 Å². The van der Waals surface area contributed by atoms with Crippen LogP contribution in [-0.2, 0) is 11.3 Å². The van der Waals surface area contributed by atoms with Crippen molar-refractivity contribution in [1.82, 2.24) is 4.90 Å². The molecule has 2 fully saturated rings. The third-order valence-electron chi connectivity index (χ3n) is 4.94. The fourth-order valence-electron chi connectivity index (χ4n) is 3.95. The predicted molar refractivity (Wildman–Crippen MR) is 75.6 cm³/mol. The molecule has 1 saturated carbocycles. The lowest BCUT2D eigenvalue weighted by molar-refractivity contribution is -0.149. The highest BCUT2D eigenvalue weighted by Crippen LogP contribution is 2.49. The van der Waals surface area contributed by atoms with Gasteiger partial charge in [-0.3, -0.25) is 9.69 Å². The summed E-state index contributed by atoms with van der Waals surface area (Å²) in [6.07, 6.45) is 2.74. The van der Waals surface area contributed by atoms with E-state index in [1.54, 1.807) is 0 Å². The van der Waals surface area contributed by atoms with E-state index in [1.807, 2.05) is 6.07 Å². The molecule has 5 heteroatoms. The van der Waals surface area contributed by atoms with E-state index in [-0.39, 0.29) is 11.7 Å². The molecule has 1 aliphatic carbocycles. The molecule has 21 heavy (non-hydrogen) atoms. The summed E-state index contributed by atoms with van der Waals surface area (Å²) in [6.45, 7) is 1.91. The Hall–Kier alpha value is -1.62. The molecule has 114 valence electrons. The Bertz CT molecular complexity index is 562. The number of carboxylic acid groups (broad SMARTS) is 1. The Morgan fingerprint density at radius 3 is 3.00 bits per heavy atom. The van der Waals surface area contributed by atoms with Crippen molar-refractivity contribution in [3.05, 3.63) is 29.6 Å². The maximum atomic E-state index is 13.5. The molecule has 0 spiro atoms. The second kappa shape index (κ2) is 5.30. The highest BCUT2D eigenvalue weighted by atomic mass is 19.1. The maximum Gasteiger partial charge on any atom is 0.311 e. The van der Waals surface area contributed by atoms with Gasteiger partial charge in [0.15, 0.2) is 0 Å². The van der Waals surface area contributed by atoms with Gasteiger partial charge in [0.2, 0.25) is 0 Å². The number of halogens is 1. The number of carboxylic acids is 1. The van der Waals surface area contributed by atoms with Crippen LogP contribution >= 0.6 is 0 Å². The SMILES string of the molecule is COc1cc(F)cc(CN2C[C@@H]3CCC[C@@]3(C(=O)O)C2)c1. The zero-order valence-electron chi connectivity index (χ0n) is 12.1. The average Bonchev–Trinajstić information content (AvgIpc) is 2.95. The van der Waals surface area contributed by atoms with E-state index in [0.29, 0.717) is 18.8 Å². The van der Waals surface area contributed by atoms with Crippen molar-refractivity contribution < 1.29 is 19.0 Å². The number of hydrogen-bond acceptors (Lipinski definition) is 3. The number of aliphatic carboxylic acids is 1. The first-order valence-corrected chi connectivity index (χ1v) is 7.33. The number of hydrogen-bond donors (Lipinski definition) is 1.